The van der Waals surface area contributed by atoms with Gasteiger partial charge in [-0.2, -0.15) is 0 Å². The molecule has 1 aromatic carbocycles. The first-order chi connectivity index (χ1) is 8.69. The molecule has 0 bridgehead atoms. The number of anilines is 2. The summed E-state index contributed by atoms with van der Waals surface area (Å²) in [4.78, 5) is 13.4. The second-order valence-electron chi connectivity index (χ2n) is 4.32. The molecule has 1 amide bonds. The first kappa shape index (κ1) is 14.4. The molecule has 0 aliphatic rings. The summed E-state index contributed by atoms with van der Waals surface area (Å²) in [5.41, 5.74) is 7.85. The molecule has 0 fully saturated rings. The molecular weight excluding hydrogens is 226 g/mol. The summed E-state index contributed by atoms with van der Waals surface area (Å²) in [6, 6.07) is 7.88. The molecule has 0 unspecified atom stereocenters. The SMILES string of the molecule is CCCN(CCCC(=O)NC)c1ccccc1N. The van der Waals surface area contributed by atoms with E-state index in [-0.39, 0.29) is 5.91 Å². The van der Waals surface area contributed by atoms with Crippen LogP contribution in [-0.2, 0) is 4.79 Å². The lowest BCUT2D eigenvalue weighted by atomic mass is 10.2. The second kappa shape index (κ2) is 7.58. The van der Waals surface area contributed by atoms with Gasteiger partial charge in [-0.3, -0.25) is 4.79 Å². The highest BCUT2D eigenvalue weighted by Crippen LogP contribution is 2.22. The lowest BCUT2D eigenvalue weighted by molar-refractivity contribution is -0.120. The van der Waals surface area contributed by atoms with Gasteiger partial charge in [0.1, 0.15) is 0 Å². The van der Waals surface area contributed by atoms with Crippen LogP contribution in [0.15, 0.2) is 24.3 Å². The van der Waals surface area contributed by atoms with Gasteiger partial charge in [0, 0.05) is 26.6 Å². The van der Waals surface area contributed by atoms with Gasteiger partial charge in [-0.15, -0.1) is 0 Å². The van der Waals surface area contributed by atoms with E-state index in [4.69, 9.17) is 5.73 Å². The van der Waals surface area contributed by atoms with Crippen LogP contribution in [0.4, 0.5) is 11.4 Å². The maximum absolute atomic E-state index is 11.2. The second-order valence-corrected chi connectivity index (χ2v) is 4.32. The summed E-state index contributed by atoms with van der Waals surface area (Å²) < 4.78 is 0. The fourth-order valence-corrected chi connectivity index (χ4v) is 1.95. The normalized spacial score (nSPS) is 10.1. The van der Waals surface area contributed by atoms with Gasteiger partial charge < -0.3 is 16.0 Å². The van der Waals surface area contributed by atoms with Gasteiger partial charge in [0.15, 0.2) is 0 Å². The molecule has 0 atom stereocenters. The Labute approximate surface area is 109 Å². The summed E-state index contributed by atoms with van der Waals surface area (Å²) in [5, 5.41) is 2.64. The van der Waals surface area contributed by atoms with E-state index in [1.165, 1.54) is 0 Å². The molecular formula is C14H23N3O. The quantitative estimate of drug-likeness (QED) is 0.727. The van der Waals surface area contributed by atoms with E-state index < -0.39 is 0 Å². The number of hydrogen-bond acceptors (Lipinski definition) is 3. The number of amides is 1. The third-order valence-corrected chi connectivity index (χ3v) is 2.88. The van der Waals surface area contributed by atoms with Crippen LogP contribution in [0.3, 0.4) is 0 Å². The number of nitrogen functional groups attached to an aromatic ring is 1. The van der Waals surface area contributed by atoms with Crippen LogP contribution in [0.25, 0.3) is 0 Å². The van der Waals surface area contributed by atoms with E-state index in [1.807, 2.05) is 24.3 Å². The van der Waals surface area contributed by atoms with Crippen molar-refractivity contribution in [3.8, 4) is 0 Å². The summed E-state index contributed by atoms with van der Waals surface area (Å²) in [6.45, 7) is 3.96. The van der Waals surface area contributed by atoms with Crippen LogP contribution in [0.1, 0.15) is 26.2 Å². The maximum Gasteiger partial charge on any atom is 0.219 e. The van der Waals surface area contributed by atoms with Gasteiger partial charge in [-0.25, -0.2) is 0 Å². The minimum absolute atomic E-state index is 0.0903. The smallest absolute Gasteiger partial charge is 0.219 e. The van der Waals surface area contributed by atoms with Gasteiger partial charge in [-0.1, -0.05) is 19.1 Å². The van der Waals surface area contributed by atoms with Crippen molar-refractivity contribution in [3.05, 3.63) is 24.3 Å². The van der Waals surface area contributed by atoms with Crippen LogP contribution in [0.2, 0.25) is 0 Å². The van der Waals surface area contributed by atoms with Gasteiger partial charge in [0.25, 0.3) is 0 Å². The first-order valence-electron chi connectivity index (χ1n) is 6.49. The molecule has 0 radical (unpaired) electrons. The third kappa shape index (κ3) is 4.28. The van der Waals surface area contributed by atoms with Crippen molar-refractivity contribution in [1.29, 1.82) is 0 Å². The van der Waals surface area contributed by atoms with E-state index in [0.717, 1.165) is 37.3 Å². The van der Waals surface area contributed by atoms with E-state index in [2.05, 4.69) is 17.1 Å². The third-order valence-electron chi connectivity index (χ3n) is 2.88. The fourth-order valence-electron chi connectivity index (χ4n) is 1.95. The topological polar surface area (TPSA) is 58.4 Å². The van der Waals surface area contributed by atoms with Crippen LogP contribution in [0.5, 0.6) is 0 Å². The molecule has 0 saturated heterocycles. The van der Waals surface area contributed by atoms with Gasteiger partial charge in [-0.05, 0) is 25.0 Å². The average molecular weight is 249 g/mol. The zero-order valence-electron chi connectivity index (χ0n) is 11.3. The summed E-state index contributed by atoms with van der Waals surface area (Å²) in [6.07, 6.45) is 2.46. The Kier molecular flexibility index (Phi) is 6.05. The van der Waals surface area contributed by atoms with Gasteiger partial charge >= 0.3 is 0 Å². The maximum atomic E-state index is 11.2. The molecule has 4 heteroatoms. The molecule has 0 saturated carbocycles. The van der Waals surface area contributed by atoms with E-state index in [1.54, 1.807) is 7.05 Å². The summed E-state index contributed by atoms with van der Waals surface area (Å²) in [5.74, 6) is 0.0903. The number of nitrogens with one attached hydrogen (secondary N) is 1. The lowest BCUT2D eigenvalue weighted by Crippen LogP contribution is -2.27. The Morgan fingerprint density at radius 3 is 2.67 bits per heavy atom. The number of para-hydroxylation sites is 2. The molecule has 1 aromatic rings. The molecule has 0 spiro atoms. The molecule has 0 aromatic heterocycles. The largest absolute Gasteiger partial charge is 0.397 e. The summed E-state index contributed by atoms with van der Waals surface area (Å²) >= 11 is 0. The van der Waals surface area contributed by atoms with Gasteiger partial charge in [0.05, 0.1) is 11.4 Å². The molecule has 4 nitrogen and oxygen atoms in total. The molecule has 3 N–H and O–H groups in total. The minimum Gasteiger partial charge on any atom is -0.397 e. The minimum atomic E-state index is 0.0903. The van der Waals surface area contributed by atoms with Crippen molar-refractivity contribution in [3.63, 3.8) is 0 Å². The standard InChI is InChI=1S/C14H23N3O/c1-3-10-17(11-6-9-14(18)16-2)13-8-5-4-7-12(13)15/h4-5,7-8H,3,6,9-11,15H2,1-2H3,(H,16,18). The predicted octanol–water partition coefficient (Wildman–Crippen LogP) is 2.01. The highest BCUT2D eigenvalue weighted by molar-refractivity contribution is 5.75. The zero-order chi connectivity index (χ0) is 13.4. The van der Waals surface area contributed by atoms with Crippen LogP contribution in [0, 0.1) is 0 Å². The molecule has 100 valence electrons. The Morgan fingerprint density at radius 1 is 1.33 bits per heavy atom. The van der Waals surface area contributed by atoms with Crippen molar-refractivity contribution in [2.45, 2.75) is 26.2 Å². The zero-order valence-corrected chi connectivity index (χ0v) is 11.3. The Balaban J connectivity index is 2.60. The van der Waals surface area contributed by atoms with Crippen molar-refractivity contribution in [1.82, 2.24) is 5.32 Å². The first-order valence-corrected chi connectivity index (χ1v) is 6.49. The molecule has 0 heterocycles. The number of carbonyl (C=O) groups is 1. The van der Waals surface area contributed by atoms with Crippen molar-refractivity contribution in [2.75, 3.05) is 30.8 Å². The van der Waals surface area contributed by atoms with Crippen LogP contribution >= 0.6 is 0 Å². The highest BCUT2D eigenvalue weighted by Gasteiger charge is 2.09. The van der Waals surface area contributed by atoms with E-state index in [0.29, 0.717) is 6.42 Å². The van der Waals surface area contributed by atoms with Crippen LogP contribution < -0.4 is 16.0 Å². The van der Waals surface area contributed by atoms with E-state index in [9.17, 15) is 4.79 Å². The van der Waals surface area contributed by atoms with Crippen molar-refractivity contribution < 1.29 is 4.79 Å². The highest BCUT2D eigenvalue weighted by atomic mass is 16.1. The van der Waals surface area contributed by atoms with Crippen LogP contribution in [-0.4, -0.2) is 26.0 Å². The number of carbonyl (C=O) groups excluding carboxylic acids is 1. The Hall–Kier alpha value is -1.71. The average Bonchev–Trinajstić information content (AvgIpc) is 2.38. The number of nitrogens with zero attached hydrogens (tertiary/aromatic N) is 1. The Bertz CT molecular complexity index is 379. The number of hydrogen-bond donors (Lipinski definition) is 2. The molecule has 1 rings (SSSR count). The fraction of sp³-hybridized carbons (Fsp3) is 0.500. The van der Waals surface area contributed by atoms with Crippen molar-refractivity contribution >= 4 is 17.3 Å². The molecule has 0 aliphatic carbocycles. The van der Waals surface area contributed by atoms with Gasteiger partial charge in [0.2, 0.25) is 5.91 Å². The molecule has 18 heavy (non-hydrogen) atoms. The number of rotatable bonds is 7. The van der Waals surface area contributed by atoms with Crippen molar-refractivity contribution in [2.24, 2.45) is 0 Å². The monoisotopic (exact) mass is 249 g/mol. The predicted molar refractivity (Wildman–Crippen MR) is 76.7 cm³/mol. The van der Waals surface area contributed by atoms with E-state index >= 15 is 0 Å². The molecule has 0 aliphatic heterocycles. The number of benzene rings is 1. The Morgan fingerprint density at radius 2 is 2.06 bits per heavy atom. The number of nitrogens with two attached hydrogens (primary N) is 1. The lowest BCUT2D eigenvalue weighted by Gasteiger charge is -2.25. The summed E-state index contributed by atoms with van der Waals surface area (Å²) in [7, 11) is 1.67.